The van der Waals surface area contributed by atoms with Crippen LogP contribution in [0, 0.1) is 0 Å². The molecule has 1 aliphatic heterocycles. The average molecular weight is 313 g/mol. The number of rotatable bonds is 3. The number of hydrogen-bond acceptors (Lipinski definition) is 4. The summed E-state index contributed by atoms with van der Waals surface area (Å²) in [6.07, 6.45) is 4.10. The summed E-state index contributed by atoms with van der Waals surface area (Å²) in [5.41, 5.74) is 0. The van der Waals surface area contributed by atoms with Gasteiger partial charge in [0.25, 0.3) is 0 Å². The third-order valence-electron chi connectivity index (χ3n) is 3.41. The quantitative estimate of drug-likeness (QED) is 0.836. The smallest absolute Gasteiger partial charge is 0.167 e. The predicted octanol–water partition coefficient (Wildman–Crippen LogP) is 4.00. The Bertz CT molecular complexity index is 611. The topological polar surface area (TPSA) is 15.6 Å². The summed E-state index contributed by atoms with van der Waals surface area (Å²) in [4.78, 5) is 7.25. The van der Waals surface area contributed by atoms with E-state index in [9.17, 15) is 0 Å². The molecule has 0 amide bonds. The number of halogens is 1. The molecule has 5 heteroatoms. The second-order valence-electron chi connectivity index (χ2n) is 4.85. The predicted molar refractivity (Wildman–Crippen MR) is 85.4 cm³/mol. The number of fused-ring (bicyclic) bond motifs is 1. The summed E-state index contributed by atoms with van der Waals surface area (Å²) in [5.74, 6) is 0. The lowest BCUT2D eigenvalue weighted by Crippen LogP contribution is -2.32. The Labute approximate surface area is 126 Å². The van der Waals surface area contributed by atoms with Crippen LogP contribution in [0.3, 0.4) is 0 Å². The highest BCUT2D eigenvalue weighted by Crippen LogP contribution is 2.24. The van der Waals surface area contributed by atoms with Crippen molar-refractivity contribution in [3.8, 4) is 0 Å². The molecule has 102 valence electrons. The molecule has 1 saturated heterocycles. The SMILES string of the molecule is Clc1ccc2sc(=NCCN3CCCCC3)sc2c1. The van der Waals surface area contributed by atoms with Gasteiger partial charge in [-0.25, -0.2) is 0 Å². The van der Waals surface area contributed by atoms with Crippen molar-refractivity contribution in [1.82, 2.24) is 4.90 Å². The van der Waals surface area contributed by atoms with Crippen LogP contribution in [0.2, 0.25) is 5.02 Å². The maximum absolute atomic E-state index is 6.01. The molecule has 0 bridgehead atoms. The van der Waals surface area contributed by atoms with Crippen LogP contribution < -0.4 is 3.98 Å². The van der Waals surface area contributed by atoms with Gasteiger partial charge in [-0.3, -0.25) is 4.99 Å². The highest BCUT2D eigenvalue weighted by atomic mass is 35.5. The van der Waals surface area contributed by atoms with Crippen LogP contribution in [-0.4, -0.2) is 31.1 Å². The number of benzene rings is 1. The first-order valence-electron chi connectivity index (χ1n) is 6.73. The third kappa shape index (κ3) is 3.57. The van der Waals surface area contributed by atoms with Gasteiger partial charge in [0, 0.05) is 21.0 Å². The van der Waals surface area contributed by atoms with Gasteiger partial charge in [-0.05, 0) is 44.1 Å². The molecule has 1 fully saturated rings. The van der Waals surface area contributed by atoms with E-state index in [4.69, 9.17) is 16.6 Å². The molecule has 19 heavy (non-hydrogen) atoms. The van der Waals surface area contributed by atoms with Crippen LogP contribution in [0.15, 0.2) is 23.2 Å². The van der Waals surface area contributed by atoms with E-state index in [1.54, 1.807) is 22.7 Å². The maximum Gasteiger partial charge on any atom is 0.167 e. The normalized spacial score (nSPS) is 18.3. The van der Waals surface area contributed by atoms with Crippen molar-refractivity contribution in [1.29, 1.82) is 0 Å². The van der Waals surface area contributed by atoms with Gasteiger partial charge in [-0.15, -0.1) is 22.7 Å². The van der Waals surface area contributed by atoms with Gasteiger partial charge in [0.2, 0.25) is 0 Å². The molecule has 0 atom stereocenters. The molecule has 0 aliphatic carbocycles. The maximum atomic E-state index is 6.01. The first kappa shape index (κ1) is 13.6. The second kappa shape index (κ2) is 6.35. The Kier molecular flexibility index (Phi) is 4.53. The first-order chi connectivity index (χ1) is 9.31. The minimum atomic E-state index is 0.807. The van der Waals surface area contributed by atoms with Crippen molar-refractivity contribution in [2.45, 2.75) is 19.3 Å². The van der Waals surface area contributed by atoms with Gasteiger partial charge in [-0.1, -0.05) is 18.0 Å². The van der Waals surface area contributed by atoms with Crippen molar-refractivity contribution < 1.29 is 0 Å². The van der Waals surface area contributed by atoms with Gasteiger partial charge in [0.1, 0.15) is 0 Å². The number of hydrogen-bond donors (Lipinski definition) is 0. The number of likely N-dealkylation sites (tertiary alicyclic amines) is 1. The Hall–Kier alpha value is -0.420. The molecule has 0 spiro atoms. The fraction of sp³-hybridized carbons (Fsp3) is 0.500. The molecule has 1 aromatic heterocycles. The summed E-state index contributed by atoms with van der Waals surface area (Å²) in [6, 6.07) is 6.06. The Morgan fingerprint density at radius 2 is 1.89 bits per heavy atom. The fourth-order valence-corrected chi connectivity index (χ4v) is 4.92. The zero-order chi connectivity index (χ0) is 13.1. The van der Waals surface area contributed by atoms with E-state index in [1.807, 2.05) is 12.1 Å². The number of nitrogens with zero attached hydrogens (tertiary/aromatic N) is 2. The molecule has 3 rings (SSSR count). The van der Waals surface area contributed by atoms with Crippen LogP contribution in [-0.2, 0) is 0 Å². The molecule has 0 unspecified atom stereocenters. The van der Waals surface area contributed by atoms with Gasteiger partial charge < -0.3 is 4.90 Å². The molecular formula is C14H17ClN2S2. The first-order valence-corrected chi connectivity index (χ1v) is 8.74. The van der Waals surface area contributed by atoms with E-state index in [0.29, 0.717) is 0 Å². The van der Waals surface area contributed by atoms with Crippen molar-refractivity contribution in [2.75, 3.05) is 26.2 Å². The second-order valence-corrected chi connectivity index (χ2v) is 7.60. The van der Waals surface area contributed by atoms with E-state index < -0.39 is 0 Å². The van der Waals surface area contributed by atoms with E-state index in [0.717, 1.165) is 22.1 Å². The standard InChI is InChI=1S/C14H17ClN2S2/c15-11-4-5-12-13(10-11)19-14(18-12)16-6-9-17-7-2-1-3-8-17/h4-5,10H,1-3,6-9H2. The molecular weight excluding hydrogens is 296 g/mol. The van der Waals surface area contributed by atoms with Crippen molar-refractivity contribution in [2.24, 2.45) is 4.99 Å². The zero-order valence-electron chi connectivity index (χ0n) is 10.8. The van der Waals surface area contributed by atoms with Crippen molar-refractivity contribution in [3.05, 3.63) is 27.2 Å². The molecule has 0 saturated carbocycles. The monoisotopic (exact) mass is 312 g/mol. The summed E-state index contributed by atoms with van der Waals surface area (Å²) in [6.45, 7) is 4.51. The minimum absolute atomic E-state index is 0.807. The number of piperidine rings is 1. The average Bonchev–Trinajstić information content (AvgIpc) is 2.82. The van der Waals surface area contributed by atoms with Gasteiger partial charge >= 0.3 is 0 Å². The van der Waals surface area contributed by atoms with Gasteiger partial charge in [-0.2, -0.15) is 0 Å². The molecule has 1 aliphatic rings. The largest absolute Gasteiger partial charge is 0.301 e. The Morgan fingerprint density at radius 1 is 1.11 bits per heavy atom. The summed E-state index contributed by atoms with van der Waals surface area (Å²) < 4.78 is 3.69. The summed E-state index contributed by atoms with van der Waals surface area (Å²) in [7, 11) is 0. The molecule has 2 aromatic rings. The molecule has 1 aromatic carbocycles. The van der Waals surface area contributed by atoms with Crippen LogP contribution in [0.1, 0.15) is 19.3 Å². The fourth-order valence-electron chi connectivity index (χ4n) is 2.39. The van der Waals surface area contributed by atoms with Crippen LogP contribution >= 0.6 is 34.3 Å². The van der Waals surface area contributed by atoms with E-state index >= 15 is 0 Å². The highest BCUT2D eigenvalue weighted by Gasteiger charge is 2.08. The van der Waals surface area contributed by atoms with Gasteiger partial charge in [0.05, 0.1) is 6.54 Å². The lowest BCUT2D eigenvalue weighted by molar-refractivity contribution is 0.235. The van der Waals surface area contributed by atoms with E-state index in [2.05, 4.69) is 11.0 Å². The molecule has 0 N–H and O–H groups in total. The summed E-state index contributed by atoms with van der Waals surface area (Å²) in [5, 5.41) is 0.807. The Morgan fingerprint density at radius 3 is 2.74 bits per heavy atom. The van der Waals surface area contributed by atoms with E-state index in [1.165, 1.54) is 41.8 Å². The van der Waals surface area contributed by atoms with Crippen LogP contribution in [0.5, 0.6) is 0 Å². The molecule has 2 nitrogen and oxygen atoms in total. The third-order valence-corrected chi connectivity index (χ3v) is 6.01. The molecule has 0 radical (unpaired) electrons. The Balaban J connectivity index is 1.67. The highest BCUT2D eigenvalue weighted by molar-refractivity contribution is 7.35. The molecule has 2 heterocycles. The van der Waals surface area contributed by atoms with Crippen LogP contribution in [0.25, 0.3) is 9.40 Å². The van der Waals surface area contributed by atoms with Gasteiger partial charge in [0.15, 0.2) is 3.98 Å². The lowest BCUT2D eigenvalue weighted by Gasteiger charge is -2.25. The van der Waals surface area contributed by atoms with E-state index in [-0.39, 0.29) is 0 Å². The van der Waals surface area contributed by atoms with Crippen LogP contribution in [0.4, 0.5) is 0 Å². The summed E-state index contributed by atoms with van der Waals surface area (Å²) >= 11 is 9.52. The van der Waals surface area contributed by atoms with Crippen molar-refractivity contribution >= 4 is 43.7 Å². The minimum Gasteiger partial charge on any atom is -0.301 e. The lowest BCUT2D eigenvalue weighted by atomic mass is 10.1. The van der Waals surface area contributed by atoms with Crippen molar-refractivity contribution in [3.63, 3.8) is 0 Å². The zero-order valence-corrected chi connectivity index (χ0v) is 13.2.